The Balaban J connectivity index is 1.86. The van der Waals surface area contributed by atoms with Crippen LogP contribution in [0.15, 0.2) is 42.5 Å². The Labute approximate surface area is 144 Å². The smallest absolute Gasteiger partial charge is 0.342 e. The first kappa shape index (κ1) is 18.3. The molecule has 0 aliphatic heterocycles. The van der Waals surface area contributed by atoms with Crippen molar-refractivity contribution >= 4 is 11.9 Å². The number of benzene rings is 2. The maximum Gasteiger partial charge on any atom is 0.342 e. The Kier molecular flexibility index (Phi) is 6.33. The third-order valence-corrected chi connectivity index (χ3v) is 3.37. The van der Waals surface area contributed by atoms with Gasteiger partial charge >= 0.3 is 5.97 Å². The molecule has 6 nitrogen and oxygen atoms in total. The van der Waals surface area contributed by atoms with E-state index in [0.717, 1.165) is 5.56 Å². The highest BCUT2D eigenvalue weighted by Gasteiger charge is 2.16. The van der Waals surface area contributed by atoms with Crippen LogP contribution in [0, 0.1) is 5.82 Å². The van der Waals surface area contributed by atoms with E-state index in [4.69, 9.17) is 14.2 Å². The minimum absolute atomic E-state index is 0.189. The predicted octanol–water partition coefficient (Wildman–Crippen LogP) is 2.32. The monoisotopic (exact) mass is 347 g/mol. The molecular weight excluding hydrogens is 329 g/mol. The van der Waals surface area contributed by atoms with Crippen molar-refractivity contribution in [3.05, 3.63) is 59.4 Å². The number of carbonyl (C=O) groups excluding carboxylic acids is 2. The molecule has 2 aromatic rings. The quantitative estimate of drug-likeness (QED) is 0.778. The Morgan fingerprint density at radius 2 is 1.76 bits per heavy atom. The second kappa shape index (κ2) is 8.68. The van der Waals surface area contributed by atoms with Gasteiger partial charge in [-0.25, -0.2) is 9.18 Å². The second-order valence-electron chi connectivity index (χ2n) is 5.05. The fourth-order valence-electron chi connectivity index (χ4n) is 2.03. The van der Waals surface area contributed by atoms with Gasteiger partial charge in [0.05, 0.1) is 14.2 Å². The van der Waals surface area contributed by atoms with Crippen LogP contribution in [-0.4, -0.2) is 32.7 Å². The van der Waals surface area contributed by atoms with E-state index in [0.29, 0.717) is 5.75 Å². The summed E-state index contributed by atoms with van der Waals surface area (Å²) < 4.78 is 28.0. The van der Waals surface area contributed by atoms with Gasteiger partial charge in [-0.3, -0.25) is 4.79 Å². The molecule has 25 heavy (non-hydrogen) atoms. The van der Waals surface area contributed by atoms with Gasteiger partial charge in [0.2, 0.25) is 0 Å². The summed E-state index contributed by atoms with van der Waals surface area (Å²) in [6.07, 6.45) is 0. The molecule has 0 heterocycles. The summed E-state index contributed by atoms with van der Waals surface area (Å²) in [5.74, 6) is -0.680. The minimum Gasteiger partial charge on any atom is -0.497 e. The molecule has 0 aromatic heterocycles. The van der Waals surface area contributed by atoms with Gasteiger partial charge in [-0.15, -0.1) is 0 Å². The Morgan fingerprint density at radius 3 is 2.40 bits per heavy atom. The number of carbonyl (C=O) groups is 2. The first-order valence-electron chi connectivity index (χ1n) is 7.43. The number of rotatable bonds is 7. The maximum atomic E-state index is 12.8. The zero-order valence-corrected chi connectivity index (χ0v) is 13.9. The highest BCUT2D eigenvalue weighted by atomic mass is 19.1. The van der Waals surface area contributed by atoms with E-state index in [-0.39, 0.29) is 23.7 Å². The van der Waals surface area contributed by atoms with E-state index in [9.17, 15) is 14.0 Å². The molecule has 0 fully saturated rings. The molecular formula is C18H18FNO5. The Morgan fingerprint density at radius 1 is 1.04 bits per heavy atom. The summed E-state index contributed by atoms with van der Waals surface area (Å²) >= 11 is 0. The standard InChI is InChI=1S/C18H18FNO5/c1-23-14-7-8-15(16(9-14)24-2)18(22)25-11-17(21)20-10-12-3-5-13(19)6-4-12/h3-9H,10-11H2,1-2H3,(H,20,21). The van der Waals surface area contributed by atoms with Crippen LogP contribution in [0.2, 0.25) is 0 Å². The first-order valence-corrected chi connectivity index (χ1v) is 7.43. The van der Waals surface area contributed by atoms with Crippen LogP contribution in [0.3, 0.4) is 0 Å². The lowest BCUT2D eigenvalue weighted by atomic mass is 10.2. The molecule has 0 radical (unpaired) electrons. The summed E-state index contributed by atoms with van der Waals surface area (Å²) in [6.45, 7) is -0.224. The van der Waals surface area contributed by atoms with E-state index < -0.39 is 18.5 Å². The molecule has 0 atom stereocenters. The van der Waals surface area contributed by atoms with Crippen LogP contribution in [-0.2, 0) is 16.1 Å². The van der Waals surface area contributed by atoms with Crippen LogP contribution >= 0.6 is 0 Å². The molecule has 0 aliphatic rings. The molecule has 2 rings (SSSR count). The zero-order valence-electron chi connectivity index (χ0n) is 13.9. The minimum atomic E-state index is -0.684. The lowest BCUT2D eigenvalue weighted by Crippen LogP contribution is -2.28. The van der Waals surface area contributed by atoms with Gasteiger partial charge in [0.25, 0.3) is 5.91 Å². The third kappa shape index (κ3) is 5.20. The molecule has 0 saturated heterocycles. The molecule has 7 heteroatoms. The van der Waals surface area contributed by atoms with Crippen LogP contribution < -0.4 is 14.8 Å². The van der Waals surface area contributed by atoms with Crippen molar-refractivity contribution in [2.24, 2.45) is 0 Å². The summed E-state index contributed by atoms with van der Waals surface area (Å²) in [6, 6.07) is 10.4. The number of ether oxygens (including phenoxy) is 3. The zero-order chi connectivity index (χ0) is 18.2. The van der Waals surface area contributed by atoms with Crippen molar-refractivity contribution in [2.45, 2.75) is 6.54 Å². The van der Waals surface area contributed by atoms with E-state index in [1.165, 1.54) is 32.4 Å². The van der Waals surface area contributed by atoms with Crippen molar-refractivity contribution in [2.75, 3.05) is 20.8 Å². The van der Waals surface area contributed by atoms with Gasteiger partial charge in [0.15, 0.2) is 6.61 Å². The number of halogens is 1. The Hall–Kier alpha value is -3.09. The largest absolute Gasteiger partial charge is 0.497 e. The topological polar surface area (TPSA) is 73.9 Å². The molecule has 0 aliphatic carbocycles. The van der Waals surface area contributed by atoms with Gasteiger partial charge < -0.3 is 19.5 Å². The number of methoxy groups -OCH3 is 2. The van der Waals surface area contributed by atoms with Crippen molar-refractivity contribution in [1.82, 2.24) is 5.32 Å². The summed E-state index contributed by atoms with van der Waals surface area (Å²) in [5, 5.41) is 2.58. The third-order valence-electron chi connectivity index (χ3n) is 3.37. The van der Waals surface area contributed by atoms with Crippen LogP contribution in [0.25, 0.3) is 0 Å². The average molecular weight is 347 g/mol. The first-order chi connectivity index (χ1) is 12.0. The number of amides is 1. The maximum absolute atomic E-state index is 12.8. The van der Waals surface area contributed by atoms with Gasteiger partial charge in [0, 0.05) is 12.6 Å². The highest BCUT2D eigenvalue weighted by molar-refractivity contribution is 5.94. The van der Waals surface area contributed by atoms with E-state index in [1.54, 1.807) is 24.3 Å². The van der Waals surface area contributed by atoms with Crippen molar-refractivity contribution in [1.29, 1.82) is 0 Å². The molecule has 132 valence electrons. The molecule has 1 amide bonds. The molecule has 0 saturated carbocycles. The molecule has 0 spiro atoms. The Bertz CT molecular complexity index is 746. The van der Waals surface area contributed by atoms with E-state index in [1.807, 2.05) is 0 Å². The molecule has 2 aromatic carbocycles. The molecule has 1 N–H and O–H groups in total. The summed E-state index contributed by atoms with van der Waals surface area (Å²) in [4.78, 5) is 23.8. The van der Waals surface area contributed by atoms with Crippen LogP contribution in [0.4, 0.5) is 4.39 Å². The average Bonchev–Trinajstić information content (AvgIpc) is 2.65. The normalized spacial score (nSPS) is 10.0. The van der Waals surface area contributed by atoms with Crippen molar-refractivity contribution < 1.29 is 28.2 Å². The summed E-state index contributed by atoms with van der Waals surface area (Å²) in [5.41, 5.74) is 0.924. The molecule has 0 unspecified atom stereocenters. The SMILES string of the molecule is COc1ccc(C(=O)OCC(=O)NCc2ccc(F)cc2)c(OC)c1. The van der Waals surface area contributed by atoms with Crippen molar-refractivity contribution in [3.63, 3.8) is 0 Å². The molecule has 0 bridgehead atoms. The van der Waals surface area contributed by atoms with E-state index in [2.05, 4.69) is 5.32 Å². The van der Waals surface area contributed by atoms with Crippen LogP contribution in [0.1, 0.15) is 15.9 Å². The number of nitrogens with one attached hydrogen (secondary N) is 1. The van der Waals surface area contributed by atoms with Gasteiger partial charge in [-0.05, 0) is 29.8 Å². The highest BCUT2D eigenvalue weighted by Crippen LogP contribution is 2.25. The van der Waals surface area contributed by atoms with Crippen LogP contribution in [0.5, 0.6) is 11.5 Å². The lowest BCUT2D eigenvalue weighted by Gasteiger charge is -2.10. The van der Waals surface area contributed by atoms with Gasteiger partial charge in [0.1, 0.15) is 22.9 Å². The summed E-state index contributed by atoms with van der Waals surface area (Å²) in [7, 11) is 2.92. The fourth-order valence-corrected chi connectivity index (χ4v) is 2.03. The number of hydrogen-bond acceptors (Lipinski definition) is 5. The van der Waals surface area contributed by atoms with E-state index >= 15 is 0 Å². The fraction of sp³-hybridized carbons (Fsp3) is 0.222. The van der Waals surface area contributed by atoms with Gasteiger partial charge in [-0.2, -0.15) is 0 Å². The predicted molar refractivity (Wildman–Crippen MR) is 88.1 cm³/mol. The van der Waals surface area contributed by atoms with Gasteiger partial charge in [-0.1, -0.05) is 12.1 Å². The number of hydrogen-bond donors (Lipinski definition) is 1. The second-order valence-corrected chi connectivity index (χ2v) is 5.05. The lowest BCUT2D eigenvalue weighted by molar-refractivity contribution is -0.124. The number of esters is 1. The van der Waals surface area contributed by atoms with Crippen molar-refractivity contribution in [3.8, 4) is 11.5 Å².